The predicted molar refractivity (Wildman–Crippen MR) is 85.0 cm³/mol. The van der Waals surface area contributed by atoms with Crippen molar-refractivity contribution < 1.29 is 22.0 Å². The lowest BCUT2D eigenvalue weighted by molar-refractivity contribution is -0.140. The normalized spacial score (nSPS) is 25.0. The molecular formula is C16H20F2N2O3S. The highest BCUT2D eigenvalue weighted by Gasteiger charge is 2.36. The Kier molecular flexibility index (Phi) is 4.87. The molecule has 1 aromatic rings. The number of likely N-dealkylation sites (tertiary alicyclic amines) is 1. The van der Waals surface area contributed by atoms with Gasteiger partial charge in [0.05, 0.1) is 17.5 Å². The van der Waals surface area contributed by atoms with Crippen LogP contribution >= 0.6 is 0 Å². The summed E-state index contributed by atoms with van der Waals surface area (Å²) in [6.45, 7) is 1.35. The Hall–Kier alpha value is -1.54. The van der Waals surface area contributed by atoms with Crippen LogP contribution in [0, 0.1) is 11.6 Å². The molecule has 0 spiro atoms. The molecule has 0 saturated carbocycles. The average Bonchev–Trinajstić information content (AvgIpc) is 2.52. The largest absolute Gasteiger partial charge is 0.337 e. The topological polar surface area (TPSA) is 57.7 Å². The summed E-state index contributed by atoms with van der Waals surface area (Å²) in [7, 11) is -3.00. The summed E-state index contributed by atoms with van der Waals surface area (Å²) in [4.78, 5) is 16.2. The molecule has 1 amide bonds. The Morgan fingerprint density at radius 2 is 1.83 bits per heavy atom. The van der Waals surface area contributed by atoms with Crippen molar-refractivity contribution in [1.82, 2.24) is 9.80 Å². The molecule has 0 bridgehead atoms. The third kappa shape index (κ3) is 3.75. The number of carbonyl (C=O) groups is 1. The molecular weight excluding hydrogens is 338 g/mol. The van der Waals surface area contributed by atoms with Gasteiger partial charge in [0.15, 0.2) is 9.84 Å². The van der Waals surface area contributed by atoms with Crippen LogP contribution in [0.2, 0.25) is 0 Å². The molecule has 0 aliphatic carbocycles. The summed E-state index contributed by atoms with van der Waals surface area (Å²) in [5.41, 5.74) is 0.284. The third-order valence-electron chi connectivity index (χ3n) is 4.70. The molecule has 1 aromatic carbocycles. The summed E-state index contributed by atoms with van der Waals surface area (Å²) >= 11 is 0. The van der Waals surface area contributed by atoms with E-state index >= 15 is 0 Å². The molecule has 2 aliphatic heterocycles. The maximum Gasteiger partial charge on any atom is 0.240 e. The number of rotatable bonds is 3. The van der Waals surface area contributed by atoms with Crippen molar-refractivity contribution >= 4 is 15.7 Å². The molecule has 2 heterocycles. The van der Waals surface area contributed by atoms with Gasteiger partial charge in [0.25, 0.3) is 0 Å². The van der Waals surface area contributed by atoms with Crippen LogP contribution in [0.5, 0.6) is 0 Å². The van der Waals surface area contributed by atoms with Crippen LogP contribution in [0.15, 0.2) is 18.2 Å². The Morgan fingerprint density at radius 3 is 2.50 bits per heavy atom. The van der Waals surface area contributed by atoms with Gasteiger partial charge in [0.1, 0.15) is 11.6 Å². The minimum absolute atomic E-state index is 0.0728. The molecule has 5 nitrogen and oxygen atoms in total. The summed E-state index contributed by atoms with van der Waals surface area (Å²) in [6.07, 6.45) is 1.46. The van der Waals surface area contributed by atoms with Crippen LogP contribution in [0.4, 0.5) is 8.78 Å². The van der Waals surface area contributed by atoms with E-state index in [-0.39, 0.29) is 35.6 Å². The molecule has 1 unspecified atom stereocenters. The zero-order valence-electron chi connectivity index (χ0n) is 13.2. The fourth-order valence-corrected chi connectivity index (χ4v) is 4.54. The van der Waals surface area contributed by atoms with Gasteiger partial charge >= 0.3 is 0 Å². The number of amides is 1. The van der Waals surface area contributed by atoms with Crippen molar-refractivity contribution in [3.63, 3.8) is 0 Å². The highest BCUT2D eigenvalue weighted by atomic mass is 32.2. The number of benzene rings is 1. The molecule has 24 heavy (non-hydrogen) atoms. The second kappa shape index (κ2) is 6.76. The van der Waals surface area contributed by atoms with Crippen molar-refractivity contribution in [2.45, 2.75) is 25.4 Å². The van der Waals surface area contributed by atoms with Crippen LogP contribution in [0.25, 0.3) is 0 Å². The fraction of sp³-hybridized carbons (Fsp3) is 0.562. The quantitative estimate of drug-likeness (QED) is 0.814. The SMILES string of the molecule is O=C1C(N2CCS(=O)(=O)CC2)CCCN1Cc1ccc(F)cc1F. The molecule has 2 fully saturated rings. The maximum atomic E-state index is 13.8. The standard InChI is InChI=1S/C16H20F2N2O3S/c17-13-4-3-12(14(18)10-13)11-20-5-1-2-15(16(20)21)19-6-8-24(22,23)9-7-19/h3-4,10,15H,1-2,5-9,11H2. The number of nitrogens with zero attached hydrogens (tertiary/aromatic N) is 2. The second-order valence-corrected chi connectivity index (χ2v) is 8.64. The van der Waals surface area contributed by atoms with E-state index in [4.69, 9.17) is 0 Å². The van der Waals surface area contributed by atoms with E-state index in [9.17, 15) is 22.0 Å². The first kappa shape index (κ1) is 17.3. The van der Waals surface area contributed by atoms with Crippen molar-refractivity contribution in [3.8, 4) is 0 Å². The van der Waals surface area contributed by atoms with Crippen molar-refractivity contribution in [3.05, 3.63) is 35.4 Å². The highest BCUT2D eigenvalue weighted by molar-refractivity contribution is 7.91. The molecule has 1 atom stereocenters. The van der Waals surface area contributed by atoms with Crippen LogP contribution in [-0.2, 0) is 21.2 Å². The zero-order chi connectivity index (χ0) is 17.3. The van der Waals surface area contributed by atoms with Gasteiger partial charge in [0, 0.05) is 37.8 Å². The number of piperidine rings is 1. The smallest absolute Gasteiger partial charge is 0.240 e. The zero-order valence-corrected chi connectivity index (χ0v) is 14.1. The van der Waals surface area contributed by atoms with Gasteiger partial charge in [-0.2, -0.15) is 0 Å². The van der Waals surface area contributed by atoms with E-state index in [0.29, 0.717) is 26.1 Å². The van der Waals surface area contributed by atoms with E-state index in [2.05, 4.69) is 0 Å². The van der Waals surface area contributed by atoms with E-state index < -0.39 is 21.5 Å². The third-order valence-corrected chi connectivity index (χ3v) is 6.31. The highest BCUT2D eigenvalue weighted by Crippen LogP contribution is 2.22. The minimum atomic E-state index is -3.00. The molecule has 8 heteroatoms. The lowest BCUT2D eigenvalue weighted by Crippen LogP contribution is -2.55. The molecule has 0 aromatic heterocycles. The van der Waals surface area contributed by atoms with Gasteiger partial charge in [-0.3, -0.25) is 9.69 Å². The lowest BCUT2D eigenvalue weighted by Gasteiger charge is -2.40. The van der Waals surface area contributed by atoms with Gasteiger partial charge < -0.3 is 4.90 Å². The van der Waals surface area contributed by atoms with Crippen LogP contribution in [0.3, 0.4) is 0 Å². The van der Waals surface area contributed by atoms with Crippen molar-refractivity contribution in [2.75, 3.05) is 31.1 Å². The van der Waals surface area contributed by atoms with Gasteiger partial charge in [-0.25, -0.2) is 17.2 Å². The number of carbonyl (C=O) groups excluding carboxylic acids is 1. The Bertz CT molecular complexity index is 725. The first-order valence-corrected chi connectivity index (χ1v) is 9.85. The lowest BCUT2D eigenvalue weighted by atomic mass is 10.0. The molecule has 2 saturated heterocycles. The maximum absolute atomic E-state index is 13.8. The minimum Gasteiger partial charge on any atom is -0.337 e. The van der Waals surface area contributed by atoms with Crippen LogP contribution in [0.1, 0.15) is 18.4 Å². The average molecular weight is 358 g/mol. The van der Waals surface area contributed by atoms with Gasteiger partial charge in [0.2, 0.25) is 5.91 Å². The number of hydrogen-bond acceptors (Lipinski definition) is 4. The van der Waals surface area contributed by atoms with E-state index in [1.54, 1.807) is 4.90 Å². The van der Waals surface area contributed by atoms with E-state index in [0.717, 1.165) is 12.5 Å². The van der Waals surface area contributed by atoms with E-state index in [1.165, 1.54) is 12.1 Å². The number of halogens is 2. The second-order valence-electron chi connectivity index (χ2n) is 6.34. The molecule has 0 radical (unpaired) electrons. The fourth-order valence-electron chi connectivity index (χ4n) is 3.31. The van der Waals surface area contributed by atoms with Gasteiger partial charge in [-0.05, 0) is 18.9 Å². The summed E-state index contributed by atoms with van der Waals surface area (Å²) in [5.74, 6) is -1.26. The first-order valence-electron chi connectivity index (χ1n) is 8.03. The van der Waals surface area contributed by atoms with Crippen LogP contribution < -0.4 is 0 Å². The molecule has 132 valence electrons. The Morgan fingerprint density at radius 1 is 1.12 bits per heavy atom. The van der Waals surface area contributed by atoms with Crippen molar-refractivity contribution in [2.24, 2.45) is 0 Å². The monoisotopic (exact) mass is 358 g/mol. The predicted octanol–water partition coefficient (Wildman–Crippen LogP) is 1.19. The summed E-state index contributed by atoms with van der Waals surface area (Å²) in [5, 5.41) is 0. The van der Waals surface area contributed by atoms with E-state index in [1.807, 2.05) is 4.90 Å². The van der Waals surface area contributed by atoms with Crippen LogP contribution in [-0.4, -0.2) is 61.3 Å². The van der Waals surface area contributed by atoms with Gasteiger partial charge in [-0.1, -0.05) is 6.07 Å². The number of hydrogen-bond donors (Lipinski definition) is 0. The summed E-state index contributed by atoms with van der Waals surface area (Å²) < 4.78 is 49.9. The summed E-state index contributed by atoms with van der Waals surface area (Å²) in [6, 6.07) is 3.00. The molecule has 3 rings (SSSR count). The number of sulfone groups is 1. The molecule has 2 aliphatic rings. The van der Waals surface area contributed by atoms with Crippen molar-refractivity contribution in [1.29, 1.82) is 0 Å². The Labute approximate surface area is 140 Å². The molecule has 0 N–H and O–H groups in total. The Balaban J connectivity index is 1.69. The van der Waals surface area contributed by atoms with Gasteiger partial charge in [-0.15, -0.1) is 0 Å². The first-order chi connectivity index (χ1) is 11.4.